The number of carbonyl (C=O) groups excluding carboxylic acids is 1. The summed E-state index contributed by atoms with van der Waals surface area (Å²) in [5, 5.41) is 4.02. The van der Waals surface area contributed by atoms with Crippen LogP contribution in [0, 0.1) is 0 Å². The summed E-state index contributed by atoms with van der Waals surface area (Å²) in [4.78, 5) is 15.3. The van der Waals surface area contributed by atoms with E-state index >= 15 is 0 Å². The van der Waals surface area contributed by atoms with Gasteiger partial charge in [0.2, 0.25) is 0 Å². The molecule has 1 aliphatic heterocycles. The summed E-state index contributed by atoms with van der Waals surface area (Å²) in [6.45, 7) is 2.14. The summed E-state index contributed by atoms with van der Waals surface area (Å²) in [7, 11) is 0. The van der Waals surface area contributed by atoms with Gasteiger partial charge in [0, 0.05) is 24.7 Å². The lowest BCUT2D eigenvalue weighted by Gasteiger charge is -2.36. The standard InChI is InChI=1S/C15H14Cl2N2OS.ClH/c16-11-4-2-1-3-10(11)12-9-18-7-8-19(12)15(20)13-5-6-14(17)21-13;/h1-6,12,18H,7-9H2;1H. The smallest absolute Gasteiger partial charge is 0.264 e. The molecule has 1 saturated heterocycles. The minimum absolute atomic E-state index is 0. The first-order chi connectivity index (χ1) is 10.2. The van der Waals surface area contributed by atoms with Crippen LogP contribution < -0.4 is 5.32 Å². The Bertz CT molecular complexity index is 662. The molecular weight excluding hydrogens is 363 g/mol. The molecule has 1 aliphatic rings. The monoisotopic (exact) mass is 376 g/mol. The second kappa shape index (κ2) is 7.66. The van der Waals surface area contributed by atoms with Gasteiger partial charge in [-0.25, -0.2) is 0 Å². The van der Waals surface area contributed by atoms with Crippen molar-refractivity contribution >= 4 is 52.9 Å². The highest BCUT2D eigenvalue weighted by atomic mass is 35.5. The fourth-order valence-electron chi connectivity index (χ4n) is 2.54. The number of benzene rings is 1. The van der Waals surface area contributed by atoms with Gasteiger partial charge in [0.1, 0.15) is 0 Å². The molecular formula is C15H15Cl3N2OS. The number of hydrogen-bond acceptors (Lipinski definition) is 3. The molecule has 1 aromatic carbocycles. The van der Waals surface area contributed by atoms with Crippen LogP contribution in [0.1, 0.15) is 21.3 Å². The Labute approximate surface area is 149 Å². The van der Waals surface area contributed by atoms with Crippen LogP contribution in [-0.2, 0) is 0 Å². The van der Waals surface area contributed by atoms with E-state index in [1.165, 1.54) is 11.3 Å². The molecule has 118 valence electrons. The van der Waals surface area contributed by atoms with Crippen molar-refractivity contribution in [3.63, 3.8) is 0 Å². The first-order valence-electron chi connectivity index (χ1n) is 6.68. The van der Waals surface area contributed by atoms with E-state index in [1.54, 1.807) is 12.1 Å². The fraction of sp³-hybridized carbons (Fsp3) is 0.267. The van der Waals surface area contributed by atoms with Gasteiger partial charge in [-0.3, -0.25) is 4.79 Å². The van der Waals surface area contributed by atoms with Gasteiger partial charge in [0.05, 0.1) is 15.3 Å². The number of rotatable bonds is 2. The maximum atomic E-state index is 12.7. The van der Waals surface area contributed by atoms with Gasteiger partial charge in [0.15, 0.2) is 0 Å². The maximum Gasteiger partial charge on any atom is 0.264 e. The highest BCUT2D eigenvalue weighted by molar-refractivity contribution is 7.17. The molecule has 1 unspecified atom stereocenters. The van der Waals surface area contributed by atoms with Crippen molar-refractivity contribution in [2.75, 3.05) is 19.6 Å². The Kier molecular flexibility index (Phi) is 6.12. The summed E-state index contributed by atoms with van der Waals surface area (Å²) in [5.74, 6) is 0.0123. The lowest BCUT2D eigenvalue weighted by atomic mass is 10.0. The number of nitrogens with one attached hydrogen (secondary N) is 1. The Hall–Kier alpha value is -0.780. The third kappa shape index (κ3) is 3.58. The number of piperazine rings is 1. The molecule has 1 fully saturated rings. The summed E-state index contributed by atoms with van der Waals surface area (Å²) < 4.78 is 0.628. The third-order valence-corrected chi connectivity index (χ3v) is 5.12. The first kappa shape index (κ1) is 17.6. The summed E-state index contributed by atoms with van der Waals surface area (Å²) in [6, 6.07) is 11.2. The molecule has 1 N–H and O–H groups in total. The number of nitrogens with zero attached hydrogens (tertiary/aromatic N) is 1. The zero-order valence-electron chi connectivity index (χ0n) is 11.6. The van der Waals surface area contributed by atoms with Gasteiger partial charge in [0.25, 0.3) is 5.91 Å². The summed E-state index contributed by atoms with van der Waals surface area (Å²) in [6.07, 6.45) is 0. The van der Waals surface area contributed by atoms with Crippen molar-refractivity contribution in [1.29, 1.82) is 0 Å². The van der Waals surface area contributed by atoms with Crippen molar-refractivity contribution in [3.8, 4) is 0 Å². The van der Waals surface area contributed by atoms with Crippen molar-refractivity contribution in [2.45, 2.75) is 6.04 Å². The maximum absolute atomic E-state index is 12.7. The molecule has 22 heavy (non-hydrogen) atoms. The SMILES string of the molecule is Cl.O=C(c1ccc(Cl)s1)N1CCNCC1c1ccccc1Cl. The van der Waals surface area contributed by atoms with E-state index in [9.17, 15) is 4.79 Å². The molecule has 7 heteroatoms. The first-order valence-corrected chi connectivity index (χ1v) is 8.25. The Morgan fingerprint density at radius 3 is 2.68 bits per heavy atom. The van der Waals surface area contributed by atoms with Crippen LogP contribution in [0.5, 0.6) is 0 Å². The van der Waals surface area contributed by atoms with Crippen LogP contribution in [0.2, 0.25) is 9.36 Å². The molecule has 0 bridgehead atoms. The largest absolute Gasteiger partial charge is 0.328 e. The number of carbonyl (C=O) groups is 1. The topological polar surface area (TPSA) is 32.3 Å². The number of hydrogen-bond donors (Lipinski definition) is 1. The van der Waals surface area contributed by atoms with Crippen LogP contribution in [0.15, 0.2) is 36.4 Å². The summed E-state index contributed by atoms with van der Waals surface area (Å²) >= 11 is 13.5. The predicted octanol–water partition coefficient (Wildman–Crippen LogP) is 4.26. The van der Waals surface area contributed by atoms with E-state index in [2.05, 4.69) is 5.32 Å². The van der Waals surface area contributed by atoms with Crippen molar-refractivity contribution < 1.29 is 4.79 Å². The Balaban J connectivity index is 0.00000176. The minimum Gasteiger partial charge on any atom is -0.328 e. The summed E-state index contributed by atoms with van der Waals surface area (Å²) in [5.41, 5.74) is 0.974. The van der Waals surface area contributed by atoms with E-state index in [-0.39, 0.29) is 24.4 Å². The number of halogens is 3. The Morgan fingerprint density at radius 1 is 1.23 bits per heavy atom. The second-order valence-corrected chi connectivity index (χ2v) is 6.97. The zero-order chi connectivity index (χ0) is 14.8. The molecule has 2 heterocycles. The number of amides is 1. The van der Waals surface area contributed by atoms with E-state index < -0.39 is 0 Å². The molecule has 3 nitrogen and oxygen atoms in total. The van der Waals surface area contributed by atoms with E-state index in [0.717, 1.165) is 12.1 Å². The van der Waals surface area contributed by atoms with Gasteiger partial charge in [-0.1, -0.05) is 41.4 Å². The van der Waals surface area contributed by atoms with Gasteiger partial charge < -0.3 is 10.2 Å². The van der Waals surface area contributed by atoms with Crippen LogP contribution in [0.25, 0.3) is 0 Å². The molecule has 3 rings (SSSR count). The van der Waals surface area contributed by atoms with Crippen LogP contribution >= 0.6 is 46.9 Å². The van der Waals surface area contributed by atoms with Crippen molar-refractivity contribution in [1.82, 2.24) is 10.2 Å². The van der Waals surface area contributed by atoms with Crippen molar-refractivity contribution in [2.24, 2.45) is 0 Å². The fourth-order valence-corrected chi connectivity index (χ4v) is 3.80. The molecule has 0 saturated carbocycles. The lowest BCUT2D eigenvalue weighted by molar-refractivity contribution is 0.0639. The van der Waals surface area contributed by atoms with Crippen molar-refractivity contribution in [3.05, 3.63) is 56.2 Å². The van der Waals surface area contributed by atoms with Crippen LogP contribution in [0.3, 0.4) is 0 Å². The molecule has 1 atom stereocenters. The van der Waals surface area contributed by atoms with Gasteiger partial charge in [-0.05, 0) is 23.8 Å². The van der Waals surface area contributed by atoms with E-state index in [4.69, 9.17) is 23.2 Å². The average Bonchev–Trinajstić information content (AvgIpc) is 2.94. The molecule has 2 aromatic rings. The van der Waals surface area contributed by atoms with Gasteiger partial charge in [-0.2, -0.15) is 0 Å². The highest BCUT2D eigenvalue weighted by Crippen LogP contribution is 2.31. The molecule has 0 aliphatic carbocycles. The average molecular weight is 378 g/mol. The molecule has 0 spiro atoms. The molecule has 0 radical (unpaired) electrons. The predicted molar refractivity (Wildman–Crippen MR) is 94.7 cm³/mol. The third-order valence-electron chi connectivity index (χ3n) is 3.55. The van der Waals surface area contributed by atoms with Crippen LogP contribution in [0.4, 0.5) is 0 Å². The van der Waals surface area contributed by atoms with Gasteiger partial charge in [-0.15, -0.1) is 23.7 Å². The van der Waals surface area contributed by atoms with E-state index in [0.29, 0.717) is 27.3 Å². The van der Waals surface area contributed by atoms with Gasteiger partial charge >= 0.3 is 0 Å². The lowest BCUT2D eigenvalue weighted by Crippen LogP contribution is -2.48. The number of thiophene rings is 1. The molecule has 1 amide bonds. The Morgan fingerprint density at radius 2 is 2.00 bits per heavy atom. The zero-order valence-corrected chi connectivity index (χ0v) is 14.7. The minimum atomic E-state index is -0.0548. The normalized spacial score (nSPS) is 17.9. The quantitative estimate of drug-likeness (QED) is 0.848. The molecule has 1 aromatic heterocycles. The highest BCUT2D eigenvalue weighted by Gasteiger charge is 2.30. The second-order valence-electron chi connectivity index (χ2n) is 4.84. The van der Waals surface area contributed by atoms with Crippen LogP contribution in [-0.4, -0.2) is 30.4 Å². The van der Waals surface area contributed by atoms with E-state index in [1.807, 2.05) is 29.2 Å².